The van der Waals surface area contributed by atoms with Crippen molar-refractivity contribution < 1.29 is 19.4 Å². The molecule has 1 rings (SSSR count). The number of hydrogen-bond acceptors (Lipinski definition) is 4. The van der Waals surface area contributed by atoms with Gasteiger partial charge in [-0.25, -0.2) is 9.59 Å². The molecule has 5 nitrogen and oxygen atoms in total. The Bertz CT molecular complexity index is 372. The molecule has 16 heavy (non-hydrogen) atoms. The van der Waals surface area contributed by atoms with Gasteiger partial charge in [0.25, 0.3) is 0 Å². The van der Waals surface area contributed by atoms with Gasteiger partial charge in [-0.15, -0.1) is 11.3 Å². The van der Waals surface area contributed by atoms with Crippen LogP contribution in [0, 0.1) is 0 Å². The molecule has 1 heterocycles. The highest BCUT2D eigenvalue weighted by molar-refractivity contribution is 7.09. The molecule has 0 aliphatic heterocycles. The van der Waals surface area contributed by atoms with Gasteiger partial charge in [-0.05, 0) is 25.3 Å². The summed E-state index contributed by atoms with van der Waals surface area (Å²) in [5, 5.41) is 12.9. The van der Waals surface area contributed by atoms with Crippen LogP contribution in [0.4, 0.5) is 4.79 Å². The van der Waals surface area contributed by atoms with Gasteiger partial charge >= 0.3 is 12.1 Å². The van der Waals surface area contributed by atoms with Crippen LogP contribution in [0.2, 0.25) is 0 Å². The van der Waals surface area contributed by atoms with E-state index in [4.69, 9.17) is 9.84 Å². The van der Waals surface area contributed by atoms with Gasteiger partial charge in [0.05, 0.1) is 0 Å². The van der Waals surface area contributed by atoms with E-state index in [2.05, 4.69) is 5.32 Å². The van der Waals surface area contributed by atoms with E-state index in [0.717, 1.165) is 4.88 Å². The van der Waals surface area contributed by atoms with Crippen molar-refractivity contribution in [3.05, 3.63) is 22.4 Å². The molecule has 0 aromatic carbocycles. The Morgan fingerprint density at radius 2 is 2.25 bits per heavy atom. The standard InChI is InChI=1S/C10H13NO4S/c1-10(2,8(12)13)11-9(14)15-6-7-4-3-5-16-7/h3-5H,6H2,1-2H3,(H,11,14)(H,12,13). The molecule has 0 saturated heterocycles. The van der Waals surface area contributed by atoms with Gasteiger partial charge in [0.15, 0.2) is 0 Å². The second-order valence-electron chi connectivity index (χ2n) is 3.71. The van der Waals surface area contributed by atoms with Gasteiger partial charge in [0.2, 0.25) is 0 Å². The summed E-state index contributed by atoms with van der Waals surface area (Å²) in [6, 6.07) is 3.68. The minimum Gasteiger partial charge on any atom is -0.480 e. The molecular formula is C10H13NO4S. The van der Waals surface area contributed by atoms with Crippen LogP contribution in [0.1, 0.15) is 18.7 Å². The Morgan fingerprint density at radius 1 is 1.56 bits per heavy atom. The van der Waals surface area contributed by atoms with Gasteiger partial charge < -0.3 is 15.2 Å². The molecular weight excluding hydrogens is 230 g/mol. The number of carbonyl (C=O) groups is 2. The highest BCUT2D eigenvalue weighted by Crippen LogP contribution is 2.10. The normalized spacial score (nSPS) is 10.9. The maximum atomic E-state index is 11.3. The van der Waals surface area contributed by atoms with Gasteiger partial charge in [-0.2, -0.15) is 0 Å². The Morgan fingerprint density at radius 3 is 2.75 bits per heavy atom. The molecule has 2 N–H and O–H groups in total. The van der Waals surface area contributed by atoms with Gasteiger partial charge in [0, 0.05) is 4.88 Å². The van der Waals surface area contributed by atoms with Gasteiger partial charge in [-0.1, -0.05) is 6.07 Å². The average Bonchev–Trinajstić information content (AvgIpc) is 2.66. The lowest BCUT2D eigenvalue weighted by Crippen LogP contribution is -2.49. The molecule has 0 spiro atoms. The number of carboxylic acids is 1. The largest absolute Gasteiger partial charge is 0.480 e. The number of nitrogens with one attached hydrogen (secondary N) is 1. The molecule has 1 aromatic rings. The highest BCUT2D eigenvalue weighted by atomic mass is 32.1. The lowest BCUT2D eigenvalue weighted by atomic mass is 10.1. The Balaban J connectivity index is 2.39. The molecule has 0 unspecified atom stereocenters. The number of carbonyl (C=O) groups excluding carboxylic acids is 1. The average molecular weight is 243 g/mol. The number of thiophene rings is 1. The highest BCUT2D eigenvalue weighted by Gasteiger charge is 2.29. The number of carboxylic acid groups (broad SMARTS) is 1. The minimum absolute atomic E-state index is 0.152. The lowest BCUT2D eigenvalue weighted by molar-refractivity contribution is -0.143. The summed E-state index contributed by atoms with van der Waals surface area (Å²) in [4.78, 5) is 22.9. The summed E-state index contributed by atoms with van der Waals surface area (Å²) >= 11 is 1.47. The molecule has 0 atom stereocenters. The summed E-state index contributed by atoms with van der Waals surface area (Å²) in [7, 11) is 0. The third-order valence-corrected chi connectivity index (χ3v) is 2.72. The van der Waals surface area contributed by atoms with Crippen molar-refractivity contribution in [2.24, 2.45) is 0 Å². The number of ether oxygens (including phenoxy) is 1. The van der Waals surface area contributed by atoms with E-state index in [1.807, 2.05) is 17.5 Å². The maximum Gasteiger partial charge on any atom is 0.408 e. The quantitative estimate of drug-likeness (QED) is 0.846. The summed E-state index contributed by atoms with van der Waals surface area (Å²) < 4.78 is 4.87. The summed E-state index contributed by atoms with van der Waals surface area (Å²) in [5.41, 5.74) is -1.33. The first kappa shape index (κ1) is 12.5. The first-order valence-electron chi connectivity index (χ1n) is 4.62. The van der Waals surface area contributed by atoms with Crippen molar-refractivity contribution in [1.82, 2.24) is 5.32 Å². The third kappa shape index (κ3) is 3.54. The monoisotopic (exact) mass is 243 g/mol. The fraction of sp³-hybridized carbons (Fsp3) is 0.400. The molecule has 0 bridgehead atoms. The second-order valence-corrected chi connectivity index (χ2v) is 4.74. The molecule has 0 radical (unpaired) electrons. The van der Waals surface area contributed by atoms with Crippen molar-refractivity contribution in [3.63, 3.8) is 0 Å². The zero-order chi connectivity index (χ0) is 12.2. The van der Waals surface area contributed by atoms with E-state index < -0.39 is 17.6 Å². The number of rotatable bonds is 4. The van der Waals surface area contributed by atoms with E-state index in [1.165, 1.54) is 25.2 Å². The summed E-state index contributed by atoms with van der Waals surface area (Å²) in [6.45, 7) is 2.93. The first-order chi connectivity index (χ1) is 7.42. The summed E-state index contributed by atoms with van der Waals surface area (Å²) in [5.74, 6) is -1.11. The fourth-order valence-electron chi connectivity index (χ4n) is 0.876. The Hall–Kier alpha value is -1.56. The number of aliphatic carboxylic acids is 1. The van der Waals surface area contributed by atoms with Crippen LogP contribution in [0.3, 0.4) is 0 Å². The maximum absolute atomic E-state index is 11.3. The zero-order valence-corrected chi connectivity index (χ0v) is 9.84. The summed E-state index contributed by atoms with van der Waals surface area (Å²) in [6.07, 6.45) is -0.735. The van der Waals surface area contributed by atoms with E-state index in [-0.39, 0.29) is 6.61 Å². The number of amides is 1. The molecule has 1 amide bonds. The van der Waals surface area contributed by atoms with E-state index >= 15 is 0 Å². The molecule has 0 fully saturated rings. The predicted octanol–water partition coefficient (Wildman–Crippen LogP) is 1.84. The topological polar surface area (TPSA) is 75.6 Å². The van der Waals surface area contributed by atoms with Crippen molar-refractivity contribution >= 4 is 23.4 Å². The van der Waals surface area contributed by atoms with Crippen molar-refractivity contribution in [1.29, 1.82) is 0 Å². The van der Waals surface area contributed by atoms with Crippen molar-refractivity contribution in [3.8, 4) is 0 Å². The molecule has 1 aromatic heterocycles. The van der Waals surface area contributed by atoms with Crippen LogP contribution >= 0.6 is 11.3 Å². The predicted molar refractivity (Wildman–Crippen MR) is 59.4 cm³/mol. The van der Waals surface area contributed by atoms with Crippen LogP contribution in [0.5, 0.6) is 0 Å². The zero-order valence-electron chi connectivity index (χ0n) is 9.02. The van der Waals surface area contributed by atoms with Crippen LogP contribution in [0.15, 0.2) is 17.5 Å². The van der Waals surface area contributed by atoms with E-state index in [9.17, 15) is 9.59 Å². The van der Waals surface area contributed by atoms with Gasteiger partial charge in [0.1, 0.15) is 12.1 Å². The van der Waals surface area contributed by atoms with Crippen LogP contribution in [-0.2, 0) is 16.1 Å². The Kier molecular flexibility index (Phi) is 3.89. The molecule has 88 valence electrons. The Labute approximate surface area is 97.0 Å². The van der Waals surface area contributed by atoms with Crippen LogP contribution in [0.25, 0.3) is 0 Å². The van der Waals surface area contributed by atoms with Crippen molar-refractivity contribution in [2.45, 2.75) is 26.0 Å². The molecule has 6 heteroatoms. The molecule has 0 aliphatic rings. The van der Waals surface area contributed by atoms with E-state index in [1.54, 1.807) is 0 Å². The lowest BCUT2D eigenvalue weighted by Gasteiger charge is -2.20. The molecule has 0 saturated carbocycles. The minimum atomic E-state index is -1.33. The smallest absolute Gasteiger partial charge is 0.408 e. The SMILES string of the molecule is CC(C)(NC(=O)OCc1cccs1)C(=O)O. The number of alkyl carbamates (subject to hydrolysis) is 1. The van der Waals surface area contributed by atoms with Crippen LogP contribution < -0.4 is 5.32 Å². The first-order valence-corrected chi connectivity index (χ1v) is 5.50. The second kappa shape index (κ2) is 4.98. The molecule has 0 aliphatic carbocycles. The van der Waals surface area contributed by atoms with E-state index in [0.29, 0.717) is 0 Å². The van der Waals surface area contributed by atoms with Crippen molar-refractivity contribution in [2.75, 3.05) is 0 Å². The number of hydrogen-bond donors (Lipinski definition) is 2. The third-order valence-electron chi connectivity index (χ3n) is 1.87. The van der Waals surface area contributed by atoms with Gasteiger partial charge in [-0.3, -0.25) is 0 Å². The van der Waals surface area contributed by atoms with Crippen LogP contribution in [-0.4, -0.2) is 22.7 Å². The fourth-order valence-corrected chi connectivity index (χ4v) is 1.49.